The third-order valence-electron chi connectivity index (χ3n) is 3.47. The molecule has 1 aromatic rings. The number of thiazole rings is 1. The maximum absolute atomic E-state index is 12.3. The molecule has 116 valence electrons. The Morgan fingerprint density at radius 3 is 2.67 bits per heavy atom. The zero-order chi connectivity index (χ0) is 15.4. The number of nitrogen functional groups attached to an aromatic ring is 1. The summed E-state index contributed by atoms with van der Waals surface area (Å²) in [7, 11) is 3.12. The van der Waals surface area contributed by atoms with Crippen LogP contribution in [0.5, 0.6) is 0 Å². The Morgan fingerprint density at radius 2 is 2.05 bits per heavy atom. The van der Waals surface area contributed by atoms with Gasteiger partial charge in [0.1, 0.15) is 10.7 Å². The summed E-state index contributed by atoms with van der Waals surface area (Å²) < 4.78 is 0. The number of carbonyl (C=O) groups is 2. The number of likely N-dealkylation sites (N-methyl/N-ethyl adjacent to an activating group) is 2. The lowest BCUT2D eigenvalue weighted by molar-refractivity contribution is -0.121. The van der Waals surface area contributed by atoms with Crippen molar-refractivity contribution in [3.05, 3.63) is 4.88 Å². The molecule has 1 aliphatic heterocycles. The first-order chi connectivity index (χ1) is 10.0. The Labute approximate surface area is 128 Å². The molecule has 0 saturated carbocycles. The molecule has 2 heterocycles. The fourth-order valence-corrected chi connectivity index (χ4v) is 3.27. The van der Waals surface area contributed by atoms with Crippen molar-refractivity contribution in [1.82, 2.24) is 15.2 Å². The zero-order valence-electron chi connectivity index (χ0n) is 12.4. The van der Waals surface area contributed by atoms with E-state index in [4.69, 9.17) is 5.73 Å². The van der Waals surface area contributed by atoms with E-state index in [0.29, 0.717) is 4.88 Å². The van der Waals surface area contributed by atoms with Crippen molar-refractivity contribution in [3.63, 3.8) is 0 Å². The lowest BCUT2D eigenvalue weighted by Gasteiger charge is -2.25. The molecule has 8 heteroatoms. The van der Waals surface area contributed by atoms with E-state index in [-0.39, 0.29) is 24.2 Å². The number of amides is 2. The number of hydrogen-bond acceptors (Lipinski definition) is 6. The van der Waals surface area contributed by atoms with Crippen LogP contribution < -0.4 is 16.0 Å². The van der Waals surface area contributed by atoms with Crippen molar-refractivity contribution in [3.8, 4) is 0 Å². The summed E-state index contributed by atoms with van der Waals surface area (Å²) in [5, 5.41) is 3.28. The quantitative estimate of drug-likeness (QED) is 0.846. The number of rotatable bonds is 4. The molecular formula is C13H21N5O2S. The standard InChI is InChI=1S/C13H21N5O2S/c1-15-9(19)8-17(2)12(20)10-11(14)16-13(21-10)18-6-4-3-5-7-18/h3-8,14H2,1-2H3,(H,15,19). The molecule has 1 fully saturated rings. The third-order valence-corrected chi connectivity index (χ3v) is 4.59. The van der Waals surface area contributed by atoms with Gasteiger partial charge in [0.05, 0.1) is 6.54 Å². The van der Waals surface area contributed by atoms with Gasteiger partial charge in [-0.2, -0.15) is 0 Å². The molecule has 0 aliphatic carbocycles. The number of nitrogens with two attached hydrogens (primary N) is 1. The molecule has 1 saturated heterocycles. The summed E-state index contributed by atoms with van der Waals surface area (Å²) in [5.74, 6) is -0.239. The molecule has 3 N–H and O–H groups in total. The predicted molar refractivity (Wildman–Crippen MR) is 83.6 cm³/mol. The van der Waals surface area contributed by atoms with Gasteiger partial charge >= 0.3 is 0 Å². The number of anilines is 2. The lowest BCUT2D eigenvalue weighted by Crippen LogP contribution is -2.36. The number of piperidine rings is 1. The molecular weight excluding hydrogens is 290 g/mol. The van der Waals surface area contributed by atoms with Crippen LogP contribution in [0.1, 0.15) is 28.9 Å². The molecule has 21 heavy (non-hydrogen) atoms. The van der Waals surface area contributed by atoms with Crippen LogP contribution >= 0.6 is 11.3 Å². The number of aromatic nitrogens is 1. The maximum Gasteiger partial charge on any atom is 0.268 e. The second-order valence-corrected chi connectivity index (χ2v) is 6.07. The highest BCUT2D eigenvalue weighted by Crippen LogP contribution is 2.30. The first-order valence-corrected chi connectivity index (χ1v) is 7.82. The van der Waals surface area contributed by atoms with Gasteiger partial charge in [-0.3, -0.25) is 9.59 Å². The van der Waals surface area contributed by atoms with Crippen LogP contribution in [0.2, 0.25) is 0 Å². The van der Waals surface area contributed by atoms with Crippen LogP contribution in [-0.2, 0) is 4.79 Å². The first kappa shape index (κ1) is 15.6. The number of nitrogens with zero attached hydrogens (tertiary/aromatic N) is 3. The SMILES string of the molecule is CNC(=O)CN(C)C(=O)c1sc(N2CCCCC2)nc1N. The van der Waals surface area contributed by atoms with Crippen molar-refractivity contribution in [2.45, 2.75) is 19.3 Å². The van der Waals surface area contributed by atoms with Crippen LogP contribution in [0.4, 0.5) is 10.9 Å². The Bertz CT molecular complexity index is 525. The van der Waals surface area contributed by atoms with Gasteiger partial charge in [-0.25, -0.2) is 4.98 Å². The Morgan fingerprint density at radius 1 is 1.38 bits per heavy atom. The summed E-state index contributed by atoms with van der Waals surface area (Å²) in [6, 6.07) is 0. The van der Waals surface area contributed by atoms with Crippen LogP contribution in [0.25, 0.3) is 0 Å². The van der Waals surface area contributed by atoms with Crippen molar-refractivity contribution < 1.29 is 9.59 Å². The van der Waals surface area contributed by atoms with Gasteiger partial charge in [0.2, 0.25) is 5.91 Å². The van der Waals surface area contributed by atoms with E-state index in [2.05, 4.69) is 15.2 Å². The van der Waals surface area contributed by atoms with Gasteiger partial charge in [-0.05, 0) is 19.3 Å². The van der Waals surface area contributed by atoms with Gasteiger partial charge < -0.3 is 20.9 Å². The van der Waals surface area contributed by atoms with Crippen molar-refractivity contribution >= 4 is 34.1 Å². The van der Waals surface area contributed by atoms with Gasteiger partial charge in [-0.1, -0.05) is 11.3 Å². The van der Waals surface area contributed by atoms with E-state index in [0.717, 1.165) is 31.1 Å². The molecule has 2 amide bonds. The van der Waals surface area contributed by atoms with E-state index in [1.165, 1.54) is 29.7 Å². The maximum atomic E-state index is 12.3. The average Bonchev–Trinajstić information content (AvgIpc) is 2.89. The molecule has 2 rings (SSSR count). The average molecular weight is 311 g/mol. The van der Waals surface area contributed by atoms with Gasteiger partial charge in [0.25, 0.3) is 5.91 Å². The zero-order valence-corrected chi connectivity index (χ0v) is 13.2. The van der Waals surface area contributed by atoms with Gasteiger partial charge in [0, 0.05) is 27.2 Å². The second kappa shape index (κ2) is 6.75. The van der Waals surface area contributed by atoms with Crippen LogP contribution in [0, 0.1) is 0 Å². The summed E-state index contributed by atoms with van der Waals surface area (Å²) in [6.45, 7) is 1.91. The molecule has 1 aromatic heterocycles. The normalized spacial score (nSPS) is 14.9. The highest BCUT2D eigenvalue weighted by Gasteiger charge is 2.23. The summed E-state index contributed by atoms with van der Waals surface area (Å²) in [5.41, 5.74) is 5.87. The third kappa shape index (κ3) is 3.63. The van der Waals surface area contributed by atoms with E-state index < -0.39 is 0 Å². The fourth-order valence-electron chi connectivity index (χ4n) is 2.23. The molecule has 0 aromatic carbocycles. The van der Waals surface area contributed by atoms with E-state index in [1.807, 2.05) is 0 Å². The van der Waals surface area contributed by atoms with Crippen molar-refractivity contribution in [2.75, 3.05) is 44.4 Å². The van der Waals surface area contributed by atoms with Crippen molar-refractivity contribution in [1.29, 1.82) is 0 Å². The number of nitrogens with one attached hydrogen (secondary N) is 1. The smallest absolute Gasteiger partial charge is 0.268 e. The second-order valence-electron chi connectivity index (χ2n) is 5.09. The minimum absolute atomic E-state index is 0.00568. The van der Waals surface area contributed by atoms with Crippen LogP contribution in [0.15, 0.2) is 0 Å². The predicted octanol–water partition coefficient (Wildman–Crippen LogP) is 0.534. The highest BCUT2D eigenvalue weighted by atomic mass is 32.1. The molecule has 0 radical (unpaired) electrons. The largest absolute Gasteiger partial charge is 0.382 e. The molecule has 0 unspecified atom stereocenters. The number of hydrogen-bond donors (Lipinski definition) is 2. The number of carbonyl (C=O) groups excluding carboxylic acids is 2. The van der Waals surface area contributed by atoms with E-state index >= 15 is 0 Å². The van der Waals surface area contributed by atoms with Crippen molar-refractivity contribution in [2.24, 2.45) is 0 Å². The monoisotopic (exact) mass is 311 g/mol. The fraction of sp³-hybridized carbons (Fsp3) is 0.615. The molecule has 7 nitrogen and oxygen atoms in total. The minimum Gasteiger partial charge on any atom is -0.382 e. The van der Waals surface area contributed by atoms with Crippen LogP contribution in [0.3, 0.4) is 0 Å². The van der Waals surface area contributed by atoms with Crippen LogP contribution in [-0.4, -0.2) is 55.4 Å². The highest BCUT2D eigenvalue weighted by molar-refractivity contribution is 7.18. The Kier molecular flexibility index (Phi) is 5.00. The topological polar surface area (TPSA) is 91.6 Å². The molecule has 1 aliphatic rings. The van der Waals surface area contributed by atoms with E-state index in [1.54, 1.807) is 7.05 Å². The van der Waals surface area contributed by atoms with Gasteiger partial charge in [0.15, 0.2) is 5.13 Å². The van der Waals surface area contributed by atoms with E-state index in [9.17, 15) is 9.59 Å². The minimum atomic E-state index is -0.267. The summed E-state index contributed by atoms with van der Waals surface area (Å²) in [6.07, 6.45) is 3.51. The van der Waals surface area contributed by atoms with Gasteiger partial charge in [-0.15, -0.1) is 0 Å². The Hall–Kier alpha value is -1.83. The summed E-state index contributed by atoms with van der Waals surface area (Å²) >= 11 is 1.30. The molecule has 0 bridgehead atoms. The lowest BCUT2D eigenvalue weighted by atomic mass is 10.1. The first-order valence-electron chi connectivity index (χ1n) is 7.00. The summed E-state index contributed by atoms with van der Waals surface area (Å²) in [4.78, 5) is 31.9. The Balaban J connectivity index is 2.10. The molecule has 0 atom stereocenters. The molecule has 0 spiro atoms.